The Morgan fingerprint density at radius 2 is 1.54 bits per heavy atom. The van der Waals surface area contributed by atoms with Crippen molar-refractivity contribution in [1.82, 2.24) is 9.80 Å². The highest BCUT2D eigenvalue weighted by atomic mass is 35.5. The minimum Gasteiger partial charge on any atom is -0.454 e. The average molecular weight is 530 g/mol. The lowest BCUT2D eigenvalue weighted by atomic mass is 9.49. The van der Waals surface area contributed by atoms with Crippen LogP contribution in [0.15, 0.2) is 18.2 Å². The molecule has 0 radical (unpaired) electrons. The Morgan fingerprint density at radius 3 is 2.23 bits per heavy atom. The summed E-state index contributed by atoms with van der Waals surface area (Å²) in [6.07, 6.45) is 9.67. The summed E-state index contributed by atoms with van der Waals surface area (Å²) in [6.45, 7) is 7.31. The molecule has 0 spiro atoms. The smallest absolute Gasteiger partial charge is 0.231 e. The Labute approximate surface area is 222 Å². The van der Waals surface area contributed by atoms with E-state index in [4.69, 9.17) is 14.2 Å². The van der Waals surface area contributed by atoms with Crippen molar-refractivity contribution in [3.63, 3.8) is 0 Å². The Hall–Kier alpha value is -0.760. The van der Waals surface area contributed by atoms with E-state index in [-0.39, 0.29) is 30.9 Å². The first-order valence-corrected chi connectivity index (χ1v) is 13.2. The van der Waals surface area contributed by atoms with Gasteiger partial charge in [-0.1, -0.05) is 6.07 Å². The molecule has 1 unspecified atom stereocenters. The zero-order valence-electron chi connectivity index (χ0n) is 20.7. The number of aliphatic hydroxyl groups excluding tert-OH is 1. The zero-order valence-corrected chi connectivity index (χ0v) is 22.4. The summed E-state index contributed by atoms with van der Waals surface area (Å²) in [5.41, 5.74) is 1.84. The fourth-order valence-electron chi connectivity index (χ4n) is 7.88. The maximum atomic E-state index is 10.5. The van der Waals surface area contributed by atoms with Gasteiger partial charge >= 0.3 is 0 Å². The lowest BCUT2D eigenvalue weighted by Crippen LogP contribution is -2.48. The fraction of sp³-hybridized carbons (Fsp3) is 0.778. The number of ether oxygens (including phenoxy) is 3. The molecule has 4 bridgehead atoms. The lowest BCUT2D eigenvalue weighted by molar-refractivity contribution is -0.0744. The molecular formula is C27H42Cl2N2O4. The third-order valence-corrected chi connectivity index (χ3v) is 9.03. The Balaban J connectivity index is 0.00000144. The van der Waals surface area contributed by atoms with Gasteiger partial charge in [0.15, 0.2) is 11.5 Å². The largest absolute Gasteiger partial charge is 0.454 e. The predicted molar refractivity (Wildman–Crippen MR) is 141 cm³/mol. The van der Waals surface area contributed by atoms with Crippen molar-refractivity contribution in [2.75, 3.05) is 52.7 Å². The van der Waals surface area contributed by atoms with Gasteiger partial charge < -0.3 is 19.3 Å². The Bertz CT molecular complexity index is 798. The molecule has 7 rings (SSSR count). The summed E-state index contributed by atoms with van der Waals surface area (Å²) >= 11 is 0. The molecule has 1 saturated heterocycles. The molecule has 8 heteroatoms. The van der Waals surface area contributed by atoms with Crippen molar-refractivity contribution in [2.24, 2.45) is 23.2 Å². The van der Waals surface area contributed by atoms with Gasteiger partial charge in [0.1, 0.15) is 0 Å². The molecule has 2 aliphatic heterocycles. The first-order valence-electron chi connectivity index (χ1n) is 13.2. The van der Waals surface area contributed by atoms with Crippen molar-refractivity contribution in [2.45, 2.75) is 57.6 Å². The molecule has 4 saturated carbocycles. The number of hydrogen-bond donors (Lipinski definition) is 1. The number of β-amino-alcohol motifs (C(OH)–C–C–N with tert-alkyl or cyclic N) is 1. The van der Waals surface area contributed by atoms with Crippen LogP contribution in [0.3, 0.4) is 0 Å². The number of fused-ring (bicyclic) bond motifs is 1. The van der Waals surface area contributed by atoms with Crippen LogP contribution < -0.4 is 9.47 Å². The van der Waals surface area contributed by atoms with Crippen LogP contribution in [-0.4, -0.2) is 73.7 Å². The monoisotopic (exact) mass is 528 g/mol. The molecule has 1 aromatic carbocycles. The van der Waals surface area contributed by atoms with E-state index in [9.17, 15) is 5.11 Å². The second-order valence-corrected chi connectivity index (χ2v) is 11.7. The number of halogens is 2. The van der Waals surface area contributed by atoms with E-state index in [1.165, 1.54) is 50.5 Å². The highest BCUT2D eigenvalue weighted by Crippen LogP contribution is 2.61. The van der Waals surface area contributed by atoms with E-state index >= 15 is 0 Å². The molecule has 198 valence electrons. The zero-order chi connectivity index (χ0) is 22.3. The number of aliphatic hydroxyl groups is 1. The van der Waals surface area contributed by atoms with Crippen LogP contribution >= 0.6 is 24.8 Å². The van der Waals surface area contributed by atoms with E-state index in [2.05, 4.69) is 21.9 Å². The van der Waals surface area contributed by atoms with Crippen LogP contribution in [0, 0.1) is 23.2 Å². The van der Waals surface area contributed by atoms with Gasteiger partial charge in [0.2, 0.25) is 6.79 Å². The van der Waals surface area contributed by atoms with Gasteiger partial charge in [-0.25, -0.2) is 0 Å². The SMILES string of the molecule is Cl.Cl.OC(COCCC12CC3CC(CC(C3)C1)C2)CN1CCN(Cc2ccc3c(c2)OCO3)CC1. The average Bonchev–Trinajstić information content (AvgIpc) is 3.25. The van der Waals surface area contributed by atoms with Crippen LogP contribution in [0.2, 0.25) is 0 Å². The summed E-state index contributed by atoms with van der Waals surface area (Å²) in [5, 5.41) is 10.5. The predicted octanol–water partition coefficient (Wildman–Crippen LogP) is 4.36. The van der Waals surface area contributed by atoms with E-state index in [1.807, 2.05) is 6.07 Å². The molecule has 1 atom stereocenters. The first-order chi connectivity index (χ1) is 16.1. The van der Waals surface area contributed by atoms with Gasteiger partial charge in [-0.2, -0.15) is 0 Å². The minimum absolute atomic E-state index is 0. The molecule has 6 aliphatic rings. The third kappa shape index (κ3) is 6.39. The molecule has 5 fully saturated rings. The van der Waals surface area contributed by atoms with Crippen LogP contribution in [0.25, 0.3) is 0 Å². The van der Waals surface area contributed by atoms with E-state index in [0.29, 0.717) is 18.8 Å². The quantitative estimate of drug-likeness (QED) is 0.480. The summed E-state index contributed by atoms with van der Waals surface area (Å²) in [6, 6.07) is 6.23. The minimum atomic E-state index is -0.387. The Morgan fingerprint density at radius 1 is 0.914 bits per heavy atom. The molecule has 0 amide bonds. The van der Waals surface area contributed by atoms with Gasteiger partial charge in [-0.3, -0.25) is 9.80 Å². The maximum Gasteiger partial charge on any atom is 0.231 e. The van der Waals surface area contributed by atoms with Gasteiger partial charge in [0, 0.05) is 45.9 Å². The van der Waals surface area contributed by atoms with Crippen molar-refractivity contribution in [3.8, 4) is 11.5 Å². The van der Waals surface area contributed by atoms with Gasteiger partial charge in [0.05, 0.1) is 12.7 Å². The van der Waals surface area contributed by atoms with Crippen LogP contribution in [-0.2, 0) is 11.3 Å². The van der Waals surface area contributed by atoms with E-state index in [1.54, 1.807) is 0 Å². The third-order valence-electron chi connectivity index (χ3n) is 9.03. The summed E-state index contributed by atoms with van der Waals surface area (Å²) < 4.78 is 16.9. The summed E-state index contributed by atoms with van der Waals surface area (Å²) in [7, 11) is 0. The first kappa shape index (κ1) is 27.3. The molecule has 35 heavy (non-hydrogen) atoms. The van der Waals surface area contributed by atoms with Gasteiger partial charge in [-0.15, -0.1) is 24.8 Å². The molecule has 0 aromatic heterocycles. The number of benzene rings is 1. The molecular weight excluding hydrogens is 487 g/mol. The van der Waals surface area contributed by atoms with E-state index in [0.717, 1.165) is 75.1 Å². The van der Waals surface area contributed by atoms with Crippen LogP contribution in [0.4, 0.5) is 0 Å². The van der Waals surface area contributed by atoms with Crippen molar-refractivity contribution in [1.29, 1.82) is 0 Å². The van der Waals surface area contributed by atoms with Crippen LogP contribution in [0.5, 0.6) is 11.5 Å². The molecule has 1 N–H and O–H groups in total. The second kappa shape index (κ2) is 11.7. The van der Waals surface area contributed by atoms with Crippen molar-refractivity contribution >= 4 is 24.8 Å². The molecule has 6 nitrogen and oxygen atoms in total. The highest BCUT2D eigenvalue weighted by molar-refractivity contribution is 5.85. The van der Waals surface area contributed by atoms with Crippen molar-refractivity contribution < 1.29 is 19.3 Å². The van der Waals surface area contributed by atoms with Gasteiger partial charge in [-0.05, 0) is 85.8 Å². The number of hydrogen-bond acceptors (Lipinski definition) is 6. The molecule has 4 aliphatic carbocycles. The van der Waals surface area contributed by atoms with Crippen molar-refractivity contribution in [3.05, 3.63) is 23.8 Å². The number of rotatable bonds is 9. The molecule has 2 heterocycles. The standard InChI is InChI=1S/C27H40N2O4.2ClH/c30-24(18-31-8-3-27-13-21-9-22(14-27)11-23(10-21)15-27)17-29-6-4-28(5-7-29)16-20-1-2-25-26(12-20)33-19-32-25;;/h1-2,12,21-24,30H,3-11,13-19H2;2*1H. The van der Waals surface area contributed by atoms with E-state index < -0.39 is 0 Å². The lowest BCUT2D eigenvalue weighted by Gasteiger charge is -2.57. The fourth-order valence-corrected chi connectivity index (χ4v) is 7.88. The Kier molecular flexibility index (Phi) is 9.15. The normalized spacial score (nSPS) is 32.2. The topological polar surface area (TPSA) is 54.4 Å². The maximum absolute atomic E-state index is 10.5. The second-order valence-electron chi connectivity index (χ2n) is 11.7. The highest BCUT2D eigenvalue weighted by Gasteiger charge is 2.50. The summed E-state index contributed by atoms with van der Waals surface area (Å²) in [4.78, 5) is 4.85. The van der Waals surface area contributed by atoms with Crippen LogP contribution in [0.1, 0.15) is 50.5 Å². The molecule has 1 aromatic rings. The van der Waals surface area contributed by atoms with Gasteiger partial charge in [0.25, 0.3) is 0 Å². The summed E-state index contributed by atoms with van der Waals surface area (Å²) in [5.74, 6) is 4.72. The number of nitrogens with zero attached hydrogens (tertiary/aromatic N) is 2. The number of piperazine rings is 1.